The van der Waals surface area contributed by atoms with Gasteiger partial charge in [-0.25, -0.2) is 0 Å². The van der Waals surface area contributed by atoms with E-state index >= 15 is 0 Å². The lowest BCUT2D eigenvalue weighted by Crippen LogP contribution is -2.00. The minimum absolute atomic E-state index is 0.738. The summed E-state index contributed by atoms with van der Waals surface area (Å²) in [4.78, 5) is 0. The first-order chi connectivity index (χ1) is 5.38. The van der Waals surface area contributed by atoms with Crippen molar-refractivity contribution < 1.29 is 1.37 Å². The number of aryl methyl sites for hydroxylation is 1. The van der Waals surface area contributed by atoms with Crippen molar-refractivity contribution in [2.24, 2.45) is 0 Å². The van der Waals surface area contributed by atoms with Crippen LogP contribution < -0.4 is 0 Å². The van der Waals surface area contributed by atoms with E-state index in [1.165, 1.54) is 30.4 Å². The quantitative estimate of drug-likeness (QED) is 0.510. The van der Waals surface area contributed by atoms with E-state index in [4.69, 9.17) is 1.37 Å². The summed E-state index contributed by atoms with van der Waals surface area (Å²) >= 11 is 0. The van der Waals surface area contributed by atoms with Gasteiger partial charge in [0, 0.05) is 0 Å². The highest BCUT2D eigenvalue weighted by Gasteiger charge is 2.05. The summed E-state index contributed by atoms with van der Waals surface area (Å²) in [5.41, 5.74) is 2.70. The van der Waals surface area contributed by atoms with Crippen molar-refractivity contribution in [3.8, 4) is 0 Å². The molecule has 0 heteroatoms. The largest absolute Gasteiger partial charge is 0.0626 e. The van der Waals surface area contributed by atoms with Crippen molar-refractivity contribution in [2.45, 2.75) is 25.7 Å². The highest BCUT2D eigenvalue weighted by atomic mass is 14.1. The molecule has 0 radical (unpaired) electrons. The number of hydrogen-bond donors (Lipinski definition) is 0. The lowest BCUT2D eigenvalue weighted by Gasteiger charge is -2.13. The SMILES string of the molecule is [2H]c1cccc2c1CCCC2. The van der Waals surface area contributed by atoms with Gasteiger partial charge in [0.1, 0.15) is 0 Å². The number of fused-ring (bicyclic) bond motifs is 1. The lowest BCUT2D eigenvalue weighted by atomic mass is 9.92. The van der Waals surface area contributed by atoms with E-state index in [1.807, 2.05) is 12.1 Å². The molecule has 1 aliphatic carbocycles. The van der Waals surface area contributed by atoms with Crippen LogP contribution in [0.25, 0.3) is 0 Å². The minimum Gasteiger partial charge on any atom is -0.0620 e. The van der Waals surface area contributed by atoms with Gasteiger partial charge in [0.15, 0.2) is 0 Å². The Morgan fingerprint density at radius 1 is 1.10 bits per heavy atom. The van der Waals surface area contributed by atoms with Gasteiger partial charge in [-0.2, -0.15) is 0 Å². The fourth-order valence-electron chi connectivity index (χ4n) is 1.59. The summed E-state index contributed by atoms with van der Waals surface area (Å²) in [5, 5.41) is 0. The van der Waals surface area contributed by atoms with Gasteiger partial charge in [-0.05, 0) is 36.8 Å². The molecule has 0 heterocycles. The lowest BCUT2D eigenvalue weighted by molar-refractivity contribution is 0.685. The molecule has 1 aliphatic rings. The van der Waals surface area contributed by atoms with Gasteiger partial charge in [0.2, 0.25) is 0 Å². The fourth-order valence-corrected chi connectivity index (χ4v) is 1.59. The van der Waals surface area contributed by atoms with Crippen LogP contribution >= 0.6 is 0 Å². The molecule has 0 saturated heterocycles. The standard InChI is InChI=1S/C10H12/c1-2-6-10-8-4-3-7-9(10)5-1/h1-2,5-6H,3-4,7-8H2/i5D. The summed E-state index contributed by atoms with van der Waals surface area (Å²) in [6.07, 6.45) is 4.87. The smallest absolute Gasteiger partial charge is 0.0620 e. The molecule has 0 spiro atoms. The third kappa shape index (κ3) is 0.942. The van der Waals surface area contributed by atoms with Crippen molar-refractivity contribution in [3.05, 3.63) is 35.4 Å². The molecule has 52 valence electrons. The van der Waals surface area contributed by atoms with Gasteiger partial charge in [0.05, 0.1) is 1.37 Å². The van der Waals surface area contributed by atoms with E-state index in [0.29, 0.717) is 0 Å². The predicted molar refractivity (Wildman–Crippen MR) is 43.1 cm³/mol. The molecule has 0 saturated carbocycles. The van der Waals surface area contributed by atoms with Crippen molar-refractivity contribution in [3.63, 3.8) is 0 Å². The van der Waals surface area contributed by atoms with E-state index in [-0.39, 0.29) is 0 Å². The van der Waals surface area contributed by atoms with Crippen LogP contribution in [0.2, 0.25) is 0 Å². The summed E-state index contributed by atoms with van der Waals surface area (Å²) in [6, 6.07) is 6.78. The molecule has 2 rings (SSSR count). The number of benzene rings is 1. The molecule has 0 N–H and O–H groups in total. The summed E-state index contributed by atoms with van der Waals surface area (Å²) in [6.45, 7) is 0. The molecular formula is C10H12. The predicted octanol–water partition coefficient (Wildman–Crippen LogP) is 2.57. The van der Waals surface area contributed by atoms with Gasteiger partial charge in [0.25, 0.3) is 0 Å². The minimum atomic E-state index is 0.738. The summed E-state index contributed by atoms with van der Waals surface area (Å²) in [7, 11) is 0. The molecule has 0 fully saturated rings. The third-order valence-electron chi connectivity index (χ3n) is 2.16. The zero-order valence-electron chi connectivity index (χ0n) is 7.06. The Hall–Kier alpha value is -0.780. The van der Waals surface area contributed by atoms with Crippen molar-refractivity contribution in [2.75, 3.05) is 0 Å². The van der Waals surface area contributed by atoms with Crippen LogP contribution in [0.15, 0.2) is 24.2 Å². The van der Waals surface area contributed by atoms with Crippen LogP contribution in [-0.4, -0.2) is 0 Å². The van der Waals surface area contributed by atoms with E-state index in [1.54, 1.807) is 0 Å². The first-order valence-corrected chi connectivity index (χ1v) is 3.95. The van der Waals surface area contributed by atoms with Crippen LogP contribution in [0.3, 0.4) is 0 Å². The van der Waals surface area contributed by atoms with Crippen LogP contribution in [0, 0.1) is 0 Å². The maximum absolute atomic E-state index is 7.65. The van der Waals surface area contributed by atoms with E-state index < -0.39 is 0 Å². The molecule has 0 bridgehead atoms. The maximum atomic E-state index is 7.65. The van der Waals surface area contributed by atoms with Gasteiger partial charge in [-0.15, -0.1) is 0 Å². The average molecular weight is 133 g/mol. The Kier molecular flexibility index (Phi) is 1.21. The Morgan fingerprint density at radius 3 is 2.70 bits per heavy atom. The van der Waals surface area contributed by atoms with Crippen molar-refractivity contribution in [1.29, 1.82) is 0 Å². The van der Waals surface area contributed by atoms with Crippen LogP contribution in [0.1, 0.15) is 25.3 Å². The second-order valence-corrected chi connectivity index (χ2v) is 2.88. The summed E-state index contributed by atoms with van der Waals surface area (Å²) < 4.78 is 7.65. The van der Waals surface area contributed by atoms with Crippen LogP contribution in [0.5, 0.6) is 0 Å². The zero-order valence-corrected chi connectivity index (χ0v) is 6.06. The van der Waals surface area contributed by atoms with E-state index in [9.17, 15) is 0 Å². The Morgan fingerprint density at radius 2 is 1.90 bits per heavy atom. The third-order valence-corrected chi connectivity index (χ3v) is 2.16. The molecule has 0 atom stereocenters. The monoisotopic (exact) mass is 133 g/mol. The molecule has 0 amide bonds. The average Bonchev–Trinajstić information content (AvgIpc) is 2.06. The highest BCUT2D eigenvalue weighted by Crippen LogP contribution is 2.19. The van der Waals surface area contributed by atoms with Gasteiger partial charge >= 0.3 is 0 Å². The Bertz CT molecular complexity index is 266. The van der Waals surface area contributed by atoms with Crippen molar-refractivity contribution in [1.82, 2.24) is 0 Å². The van der Waals surface area contributed by atoms with E-state index in [2.05, 4.69) is 6.07 Å². The second-order valence-electron chi connectivity index (χ2n) is 2.88. The van der Waals surface area contributed by atoms with Crippen LogP contribution in [0.4, 0.5) is 0 Å². The van der Waals surface area contributed by atoms with Crippen LogP contribution in [-0.2, 0) is 12.8 Å². The Labute approximate surface area is 63.3 Å². The first kappa shape index (κ1) is 4.95. The molecule has 0 aromatic heterocycles. The van der Waals surface area contributed by atoms with Gasteiger partial charge in [-0.3, -0.25) is 0 Å². The number of hydrogen-bond acceptors (Lipinski definition) is 0. The topological polar surface area (TPSA) is 0 Å². The van der Waals surface area contributed by atoms with Gasteiger partial charge in [-0.1, -0.05) is 24.2 Å². The molecular weight excluding hydrogens is 120 g/mol. The number of rotatable bonds is 0. The molecule has 1 aromatic carbocycles. The van der Waals surface area contributed by atoms with E-state index in [0.717, 1.165) is 12.5 Å². The molecule has 0 unspecified atom stereocenters. The normalized spacial score (nSPS) is 17.8. The molecule has 1 aromatic rings. The molecule has 10 heavy (non-hydrogen) atoms. The Balaban J connectivity index is 2.49. The first-order valence-electron chi connectivity index (χ1n) is 4.45. The highest BCUT2D eigenvalue weighted by molar-refractivity contribution is 5.28. The zero-order chi connectivity index (χ0) is 7.68. The maximum Gasteiger partial charge on any atom is 0.0626 e. The molecule has 0 aliphatic heterocycles. The van der Waals surface area contributed by atoms with Crippen molar-refractivity contribution >= 4 is 0 Å². The second kappa shape index (κ2) is 2.45. The van der Waals surface area contributed by atoms with Gasteiger partial charge < -0.3 is 0 Å². The molecule has 0 nitrogen and oxygen atoms in total. The summed E-state index contributed by atoms with van der Waals surface area (Å²) in [5.74, 6) is 0. The fraction of sp³-hybridized carbons (Fsp3) is 0.400.